The molecule has 0 radical (unpaired) electrons. The lowest BCUT2D eigenvalue weighted by atomic mass is 10.1. The summed E-state index contributed by atoms with van der Waals surface area (Å²) in [7, 11) is 0. The summed E-state index contributed by atoms with van der Waals surface area (Å²) in [4.78, 5) is 31.6. The number of hydrogen-bond donors (Lipinski definition) is 1. The van der Waals surface area contributed by atoms with Crippen LogP contribution in [-0.4, -0.2) is 27.8 Å². The number of hydrogen-bond acceptors (Lipinski definition) is 6. The third-order valence-corrected chi connectivity index (χ3v) is 7.09. The highest BCUT2D eigenvalue weighted by atomic mass is 32.2. The first kappa shape index (κ1) is 21.5. The quantitative estimate of drug-likeness (QED) is 0.260. The number of carbonyl (C=O) groups excluding carboxylic acids is 1. The highest BCUT2D eigenvalue weighted by molar-refractivity contribution is 7.99. The van der Waals surface area contributed by atoms with E-state index in [9.17, 15) is 9.59 Å². The van der Waals surface area contributed by atoms with E-state index in [1.54, 1.807) is 15.9 Å². The number of thiophene rings is 1. The number of nitrogens with one attached hydrogen (secondary N) is 1. The number of benzene rings is 2. The molecule has 6 nitrogen and oxygen atoms in total. The largest absolute Gasteiger partial charge is 0.448 e. The van der Waals surface area contributed by atoms with Gasteiger partial charge in [-0.25, -0.2) is 4.98 Å². The Hall–Kier alpha value is -3.36. The van der Waals surface area contributed by atoms with E-state index in [2.05, 4.69) is 5.32 Å². The fourth-order valence-electron chi connectivity index (χ4n) is 3.63. The maximum Gasteiger partial charge on any atom is 0.298 e. The summed E-state index contributed by atoms with van der Waals surface area (Å²) in [6, 6.07) is 21.4. The number of nitrogens with zero attached hydrogens (tertiary/aromatic N) is 2. The third kappa shape index (κ3) is 4.72. The van der Waals surface area contributed by atoms with Gasteiger partial charge in [0, 0.05) is 16.8 Å². The van der Waals surface area contributed by atoms with E-state index < -0.39 is 0 Å². The molecule has 0 spiro atoms. The van der Waals surface area contributed by atoms with E-state index in [0.717, 1.165) is 16.7 Å². The van der Waals surface area contributed by atoms with Crippen LogP contribution >= 0.6 is 23.1 Å². The number of thioether (sulfide) groups is 1. The van der Waals surface area contributed by atoms with Crippen LogP contribution in [0.15, 0.2) is 86.5 Å². The first-order valence-electron chi connectivity index (χ1n) is 10.6. The van der Waals surface area contributed by atoms with Crippen molar-refractivity contribution >= 4 is 51.1 Å². The predicted molar refractivity (Wildman–Crippen MR) is 133 cm³/mol. The lowest BCUT2D eigenvalue weighted by Gasteiger charge is -2.11. The Kier molecular flexibility index (Phi) is 6.28. The molecule has 3 aromatic heterocycles. The number of para-hydroxylation sites is 1. The molecule has 3 heterocycles. The molecule has 0 aliphatic heterocycles. The molecule has 0 fully saturated rings. The molecule has 166 valence electrons. The van der Waals surface area contributed by atoms with Crippen LogP contribution < -0.4 is 10.9 Å². The highest BCUT2D eigenvalue weighted by Crippen LogP contribution is 2.27. The van der Waals surface area contributed by atoms with Crippen LogP contribution in [0.2, 0.25) is 0 Å². The highest BCUT2D eigenvalue weighted by Gasteiger charge is 2.19. The monoisotopic (exact) mass is 475 g/mol. The molecular weight excluding hydrogens is 454 g/mol. The van der Waals surface area contributed by atoms with Crippen molar-refractivity contribution in [3.05, 3.63) is 92.9 Å². The Morgan fingerprint density at radius 1 is 1.06 bits per heavy atom. The topological polar surface area (TPSA) is 77.1 Å². The molecule has 0 bridgehead atoms. The van der Waals surface area contributed by atoms with Gasteiger partial charge in [0.1, 0.15) is 11.1 Å². The van der Waals surface area contributed by atoms with Gasteiger partial charge in [-0.05, 0) is 35.6 Å². The molecule has 5 aromatic rings. The van der Waals surface area contributed by atoms with Gasteiger partial charge in [0.05, 0.1) is 12.3 Å². The molecule has 0 aliphatic carbocycles. The average molecular weight is 476 g/mol. The van der Waals surface area contributed by atoms with Crippen LogP contribution in [0.5, 0.6) is 0 Å². The first-order chi connectivity index (χ1) is 16.2. The summed E-state index contributed by atoms with van der Waals surface area (Å²) < 4.78 is 7.43. The molecule has 0 saturated heterocycles. The predicted octanol–water partition coefficient (Wildman–Crippen LogP) is 4.70. The van der Waals surface area contributed by atoms with Crippen molar-refractivity contribution in [2.75, 3.05) is 12.3 Å². The fourth-order valence-corrected chi connectivity index (χ4v) is 5.15. The van der Waals surface area contributed by atoms with Crippen molar-refractivity contribution in [3.63, 3.8) is 0 Å². The summed E-state index contributed by atoms with van der Waals surface area (Å²) in [5.41, 5.74) is 2.33. The molecule has 0 saturated carbocycles. The number of aromatic nitrogens is 2. The van der Waals surface area contributed by atoms with Gasteiger partial charge in [-0.3, -0.25) is 14.2 Å². The summed E-state index contributed by atoms with van der Waals surface area (Å²) in [6.45, 7) is 0.943. The first-order valence-corrected chi connectivity index (χ1v) is 12.4. The Morgan fingerprint density at radius 2 is 1.88 bits per heavy atom. The van der Waals surface area contributed by atoms with Crippen molar-refractivity contribution < 1.29 is 9.21 Å². The van der Waals surface area contributed by atoms with Gasteiger partial charge in [0.25, 0.3) is 5.56 Å². The second-order valence-electron chi connectivity index (χ2n) is 7.52. The lowest BCUT2D eigenvalue weighted by Crippen LogP contribution is -2.28. The van der Waals surface area contributed by atoms with Gasteiger partial charge >= 0.3 is 0 Å². The second kappa shape index (κ2) is 9.64. The van der Waals surface area contributed by atoms with Crippen molar-refractivity contribution in [3.8, 4) is 0 Å². The van der Waals surface area contributed by atoms with Gasteiger partial charge < -0.3 is 9.73 Å². The summed E-state index contributed by atoms with van der Waals surface area (Å²) in [5, 5.41) is 6.22. The number of amides is 1. The van der Waals surface area contributed by atoms with E-state index in [0.29, 0.717) is 29.3 Å². The van der Waals surface area contributed by atoms with E-state index in [-0.39, 0.29) is 22.8 Å². The maximum absolute atomic E-state index is 13.3. The zero-order chi connectivity index (χ0) is 22.6. The van der Waals surface area contributed by atoms with E-state index >= 15 is 0 Å². The zero-order valence-electron chi connectivity index (χ0n) is 17.7. The van der Waals surface area contributed by atoms with Crippen LogP contribution in [0, 0.1) is 0 Å². The standard InChI is InChI=1S/C25H21N3O3S2/c29-21(26-13-12-17-7-2-1-3-8-17)16-33-25-27-22-19-10-4-5-11-20(19)31-23(22)24(30)28(25)15-18-9-6-14-32-18/h1-11,14H,12-13,15-16H2,(H,26,29). The molecule has 2 aromatic carbocycles. The zero-order valence-corrected chi connectivity index (χ0v) is 19.3. The Morgan fingerprint density at radius 3 is 2.70 bits per heavy atom. The molecule has 0 atom stereocenters. The van der Waals surface area contributed by atoms with Crippen LogP contribution in [0.4, 0.5) is 0 Å². The smallest absolute Gasteiger partial charge is 0.298 e. The van der Waals surface area contributed by atoms with Crippen LogP contribution in [0.25, 0.3) is 22.1 Å². The molecule has 5 rings (SSSR count). The molecule has 1 amide bonds. The van der Waals surface area contributed by atoms with Crippen molar-refractivity contribution in [1.29, 1.82) is 0 Å². The van der Waals surface area contributed by atoms with Crippen LogP contribution in [0.3, 0.4) is 0 Å². The van der Waals surface area contributed by atoms with E-state index in [4.69, 9.17) is 9.40 Å². The van der Waals surface area contributed by atoms with Crippen LogP contribution in [-0.2, 0) is 17.8 Å². The van der Waals surface area contributed by atoms with E-state index in [1.165, 1.54) is 17.3 Å². The Labute approximate surface area is 198 Å². The summed E-state index contributed by atoms with van der Waals surface area (Å²) in [5.74, 6) is 0.0810. The fraction of sp³-hybridized carbons (Fsp3) is 0.160. The minimum atomic E-state index is -0.239. The molecule has 1 N–H and O–H groups in total. The Bertz CT molecular complexity index is 1460. The molecule has 8 heteroatoms. The normalized spacial score (nSPS) is 11.3. The Balaban J connectivity index is 1.38. The molecule has 33 heavy (non-hydrogen) atoms. The number of carbonyl (C=O) groups is 1. The number of fused-ring (bicyclic) bond motifs is 3. The van der Waals surface area contributed by atoms with Gasteiger partial charge in [0.2, 0.25) is 11.5 Å². The molecular formula is C25H21N3O3S2. The van der Waals surface area contributed by atoms with E-state index in [1.807, 2.05) is 72.1 Å². The maximum atomic E-state index is 13.3. The minimum absolute atomic E-state index is 0.0926. The number of rotatable bonds is 8. The average Bonchev–Trinajstić information content (AvgIpc) is 3.48. The minimum Gasteiger partial charge on any atom is -0.448 e. The van der Waals surface area contributed by atoms with Crippen molar-refractivity contribution in [1.82, 2.24) is 14.9 Å². The number of furan rings is 1. The van der Waals surface area contributed by atoms with Gasteiger partial charge in [-0.2, -0.15) is 0 Å². The molecule has 0 aliphatic rings. The second-order valence-corrected chi connectivity index (χ2v) is 9.49. The van der Waals surface area contributed by atoms with Gasteiger partial charge in [-0.1, -0.05) is 60.3 Å². The van der Waals surface area contributed by atoms with Crippen LogP contribution in [0.1, 0.15) is 10.4 Å². The van der Waals surface area contributed by atoms with Crippen molar-refractivity contribution in [2.45, 2.75) is 18.1 Å². The SMILES string of the molecule is O=C(CSc1nc2c(oc3ccccc32)c(=O)n1Cc1cccs1)NCCc1ccccc1. The third-order valence-electron chi connectivity index (χ3n) is 5.25. The van der Waals surface area contributed by atoms with Crippen molar-refractivity contribution in [2.24, 2.45) is 0 Å². The molecule has 0 unspecified atom stereocenters. The summed E-state index contributed by atoms with van der Waals surface area (Å²) >= 11 is 2.84. The lowest BCUT2D eigenvalue weighted by molar-refractivity contribution is -0.118. The van der Waals surface area contributed by atoms with Gasteiger partial charge in [-0.15, -0.1) is 11.3 Å². The van der Waals surface area contributed by atoms with Gasteiger partial charge in [0.15, 0.2) is 5.16 Å². The summed E-state index contributed by atoms with van der Waals surface area (Å²) in [6.07, 6.45) is 0.769.